The second-order valence-corrected chi connectivity index (χ2v) is 5.85. The summed E-state index contributed by atoms with van der Waals surface area (Å²) in [6.07, 6.45) is 2.43. The molecule has 0 atom stereocenters. The number of anilines is 3. The van der Waals surface area contributed by atoms with E-state index < -0.39 is 0 Å². The highest BCUT2D eigenvalue weighted by Gasteiger charge is 2.32. The van der Waals surface area contributed by atoms with Crippen molar-refractivity contribution in [3.63, 3.8) is 0 Å². The Bertz CT molecular complexity index is 455. The molecule has 7 nitrogen and oxygen atoms in total. The zero-order valence-corrected chi connectivity index (χ0v) is 13.5. The van der Waals surface area contributed by atoms with Gasteiger partial charge in [-0.25, -0.2) is 5.84 Å². The fourth-order valence-electron chi connectivity index (χ4n) is 2.37. The molecule has 0 aromatic carbocycles. The lowest BCUT2D eigenvalue weighted by atomic mass is 10.2. The number of nitrogens with one attached hydrogen (secondary N) is 1. The Morgan fingerprint density at radius 3 is 2.24 bits per heavy atom. The summed E-state index contributed by atoms with van der Waals surface area (Å²) in [6, 6.07) is 0.560. The molecule has 0 saturated heterocycles. The van der Waals surface area contributed by atoms with Gasteiger partial charge in [-0.05, 0) is 32.6 Å². The van der Waals surface area contributed by atoms with Gasteiger partial charge in [0, 0.05) is 25.7 Å². The smallest absolute Gasteiger partial charge is 0.243 e. The summed E-state index contributed by atoms with van der Waals surface area (Å²) >= 11 is 0. The molecular weight excluding hydrogens is 266 g/mol. The van der Waals surface area contributed by atoms with E-state index in [9.17, 15) is 0 Å². The molecule has 0 aliphatic heterocycles. The van der Waals surface area contributed by atoms with Gasteiger partial charge in [-0.1, -0.05) is 13.8 Å². The Balaban J connectivity index is 2.33. The van der Waals surface area contributed by atoms with E-state index in [0.29, 0.717) is 23.9 Å². The SMILES string of the molecule is CCN(CC)c1nc(NN)nc(N(CC(C)C)C2CC2)n1. The molecule has 1 heterocycles. The third-order valence-corrected chi connectivity index (χ3v) is 3.59. The molecule has 0 radical (unpaired) electrons. The van der Waals surface area contributed by atoms with Gasteiger partial charge in [-0.2, -0.15) is 15.0 Å². The van der Waals surface area contributed by atoms with E-state index in [1.807, 2.05) is 0 Å². The van der Waals surface area contributed by atoms with Crippen molar-refractivity contribution in [2.75, 3.05) is 34.9 Å². The molecule has 0 amide bonds. The minimum Gasteiger partial charge on any atom is -0.341 e. The van der Waals surface area contributed by atoms with Crippen molar-refractivity contribution in [3.8, 4) is 0 Å². The van der Waals surface area contributed by atoms with E-state index in [1.54, 1.807) is 0 Å². The zero-order valence-electron chi connectivity index (χ0n) is 13.5. The normalized spacial score (nSPS) is 14.4. The molecule has 1 saturated carbocycles. The lowest BCUT2D eigenvalue weighted by Crippen LogP contribution is -2.33. The number of rotatable bonds is 8. The largest absolute Gasteiger partial charge is 0.341 e. The van der Waals surface area contributed by atoms with Crippen LogP contribution < -0.4 is 21.1 Å². The monoisotopic (exact) mass is 293 g/mol. The summed E-state index contributed by atoms with van der Waals surface area (Å²) < 4.78 is 0. The van der Waals surface area contributed by atoms with Gasteiger partial charge in [0.1, 0.15) is 0 Å². The van der Waals surface area contributed by atoms with Gasteiger partial charge in [-0.3, -0.25) is 5.43 Å². The number of hydrazine groups is 1. The summed E-state index contributed by atoms with van der Waals surface area (Å²) in [4.78, 5) is 17.9. The molecule has 1 aliphatic rings. The highest BCUT2D eigenvalue weighted by atomic mass is 15.4. The average molecular weight is 293 g/mol. The van der Waals surface area contributed by atoms with Crippen LogP contribution in [0.3, 0.4) is 0 Å². The number of nitrogens with two attached hydrogens (primary N) is 1. The molecule has 1 aromatic heterocycles. The zero-order chi connectivity index (χ0) is 15.4. The van der Waals surface area contributed by atoms with Crippen LogP contribution in [0.25, 0.3) is 0 Å². The van der Waals surface area contributed by atoms with Gasteiger partial charge in [-0.15, -0.1) is 0 Å². The highest BCUT2D eigenvalue weighted by Crippen LogP contribution is 2.31. The van der Waals surface area contributed by atoms with Crippen LogP contribution in [0.1, 0.15) is 40.5 Å². The van der Waals surface area contributed by atoms with E-state index >= 15 is 0 Å². The van der Waals surface area contributed by atoms with Crippen LogP contribution in [-0.2, 0) is 0 Å². The second kappa shape index (κ2) is 6.89. The Morgan fingerprint density at radius 1 is 1.14 bits per heavy atom. The molecule has 0 spiro atoms. The van der Waals surface area contributed by atoms with Crippen molar-refractivity contribution < 1.29 is 0 Å². The summed E-state index contributed by atoms with van der Waals surface area (Å²) in [5.74, 6) is 7.93. The molecule has 21 heavy (non-hydrogen) atoms. The molecular formula is C14H27N7. The Morgan fingerprint density at radius 2 is 1.76 bits per heavy atom. The van der Waals surface area contributed by atoms with E-state index in [4.69, 9.17) is 5.84 Å². The lowest BCUT2D eigenvalue weighted by Gasteiger charge is -2.26. The predicted octanol–water partition coefficient (Wildman–Crippen LogP) is 1.63. The van der Waals surface area contributed by atoms with Crippen molar-refractivity contribution in [2.24, 2.45) is 11.8 Å². The molecule has 3 N–H and O–H groups in total. The van der Waals surface area contributed by atoms with Gasteiger partial charge in [0.25, 0.3) is 0 Å². The fourth-order valence-corrected chi connectivity index (χ4v) is 2.37. The number of nitrogens with zero attached hydrogens (tertiary/aromatic N) is 5. The van der Waals surface area contributed by atoms with Crippen LogP contribution in [-0.4, -0.2) is 40.6 Å². The molecule has 1 fully saturated rings. The van der Waals surface area contributed by atoms with Crippen molar-refractivity contribution >= 4 is 17.8 Å². The lowest BCUT2D eigenvalue weighted by molar-refractivity contribution is 0.595. The number of hydrogen-bond acceptors (Lipinski definition) is 7. The van der Waals surface area contributed by atoms with Gasteiger partial charge in [0.15, 0.2) is 0 Å². The third kappa shape index (κ3) is 3.93. The maximum absolute atomic E-state index is 5.52. The van der Waals surface area contributed by atoms with Crippen LogP contribution in [0.2, 0.25) is 0 Å². The number of nitrogen functional groups attached to an aromatic ring is 1. The van der Waals surface area contributed by atoms with Crippen LogP contribution >= 0.6 is 0 Å². The van der Waals surface area contributed by atoms with E-state index in [-0.39, 0.29) is 0 Å². The van der Waals surface area contributed by atoms with Crippen LogP contribution in [0.5, 0.6) is 0 Å². The minimum atomic E-state index is 0.427. The molecule has 0 bridgehead atoms. The first kappa shape index (κ1) is 15.8. The summed E-state index contributed by atoms with van der Waals surface area (Å²) in [5, 5.41) is 0. The Kier molecular flexibility index (Phi) is 5.17. The average Bonchev–Trinajstić information content (AvgIpc) is 3.30. The van der Waals surface area contributed by atoms with Gasteiger partial charge < -0.3 is 9.80 Å². The van der Waals surface area contributed by atoms with E-state index in [0.717, 1.165) is 25.6 Å². The van der Waals surface area contributed by atoms with Crippen LogP contribution in [0, 0.1) is 5.92 Å². The van der Waals surface area contributed by atoms with E-state index in [2.05, 4.69) is 57.9 Å². The Hall–Kier alpha value is -1.63. The molecule has 1 aromatic rings. The van der Waals surface area contributed by atoms with Crippen LogP contribution in [0.4, 0.5) is 17.8 Å². The number of hydrogen-bond donors (Lipinski definition) is 2. The summed E-state index contributed by atoms with van der Waals surface area (Å²) in [6.45, 7) is 11.3. The standard InChI is InChI=1S/C14H27N7/c1-5-20(6-2)13-16-12(19-15)17-14(18-13)21(9-10(3)4)11-7-8-11/h10-11H,5-9,15H2,1-4H3,(H,16,17,18,19). The Labute approximate surface area is 126 Å². The van der Waals surface area contributed by atoms with Gasteiger partial charge in [0.05, 0.1) is 0 Å². The van der Waals surface area contributed by atoms with Crippen molar-refractivity contribution in [1.29, 1.82) is 0 Å². The third-order valence-electron chi connectivity index (χ3n) is 3.59. The van der Waals surface area contributed by atoms with E-state index in [1.165, 1.54) is 12.8 Å². The first-order valence-electron chi connectivity index (χ1n) is 7.83. The molecule has 0 unspecified atom stereocenters. The fraction of sp³-hybridized carbons (Fsp3) is 0.786. The quantitative estimate of drug-likeness (QED) is 0.556. The molecule has 2 rings (SSSR count). The predicted molar refractivity (Wildman–Crippen MR) is 86.4 cm³/mol. The molecule has 118 valence electrons. The first-order valence-corrected chi connectivity index (χ1v) is 7.83. The molecule has 7 heteroatoms. The number of aromatic nitrogens is 3. The molecule has 1 aliphatic carbocycles. The summed E-state index contributed by atoms with van der Waals surface area (Å²) in [7, 11) is 0. The van der Waals surface area contributed by atoms with Crippen LogP contribution in [0.15, 0.2) is 0 Å². The van der Waals surface area contributed by atoms with Gasteiger partial charge >= 0.3 is 0 Å². The van der Waals surface area contributed by atoms with Crippen molar-refractivity contribution in [2.45, 2.75) is 46.6 Å². The maximum Gasteiger partial charge on any atom is 0.243 e. The maximum atomic E-state index is 5.52. The summed E-state index contributed by atoms with van der Waals surface area (Å²) in [5.41, 5.74) is 2.56. The second-order valence-electron chi connectivity index (χ2n) is 5.85. The first-order chi connectivity index (χ1) is 10.1. The van der Waals surface area contributed by atoms with Crippen molar-refractivity contribution in [1.82, 2.24) is 15.0 Å². The van der Waals surface area contributed by atoms with Crippen molar-refractivity contribution in [3.05, 3.63) is 0 Å². The minimum absolute atomic E-state index is 0.427. The highest BCUT2D eigenvalue weighted by molar-refractivity contribution is 5.46. The topological polar surface area (TPSA) is 83.2 Å². The van der Waals surface area contributed by atoms with Gasteiger partial charge in [0.2, 0.25) is 17.8 Å².